The van der Waals surface area contributed by atoms with E-state index in [0.717, 1.165) is 3.57 Å². The van der Waals surface area contributed by atoms with Crippen LogP contribution in [0, 0.1) is 3.57 Å². The number of halogens is 1. The van der Waals surface area contributed by atoms with Gasteiger partial charge in [-0.15, -0.1) is 0 Å². The standard InChI is InChI=1S/C14H12INO2/c15-11-7-4-8-12(9-11)16-14(18)13(17)10-5-2-1-3-6-10/h1-9,13,17H,(H,16,18). The van der Waals surface area contributed by atoms with E-state index in [-0.39, 0.29) is 0 Å². The number of nitrogens with one attached hydrogen (secondary N) is 1. The van der Waals surface area contributed by atoms with E-state index >= 15 is 0 Å². The molecule has 1 unspecified atom stereocenters. The average Bonchev–Trinajstić information content (AvgIpc) is 2.39. The third kappa shape index (κ3) is 3.30. The predicted molar refractivity (Wildman–Crippen MR) is 79.2 cm³/mol. The van der Waals surface area contributed by atoms with Gasteiger partial charge in [-0.3, -0.25) is 4.79 Å². The fraction of sp³-hybridized carbons (Fsp3) is 0.0714. The van der Waals surface area contributed by atoms with E-state index in [0.29, 0.717) is 11.3 Å². The molecule has 4 heteroatoms. The summed E-state index contributed by atoms with van der Waals surface area (Å²) in [6, 6.07) is 16.3. The van der Waals surface area contributed by atoms with Gasteiger partial charge < -0.3 is 10.4 Å². The van der Waals surface area contributed by atoms with Crippen molar-refractivity contribution in [1.82, 2.24) is 0 Å². The first-order valence-corrected chi connectivity index (χ1v) is 6.54. The topological polar surface area (TPSA) is 49.3 Å². The van der Waals surface area contributed by atoms with Crippen molar-refractivity contribution in [1.29, 1.82) is 0 Å². The van der Waals surface area contributed by atoms with Gasteiger partial charge >= 0.3 is 0 Å². The molecule has 0 bridgehead atoms. The van der Waals surface area contributed by atoms with Gasteiger partial charge in [-0.1, -0.05) is 36.4 Å². The fourth-order valence-corrected chi connectivity index (χ4v) is 2.11. The highest BCUT2D eigenvalue weighted by molar-refractivity contribution is 14.1. The van der Waals surface area contributed by atoms with Crippen LogP contribution in [0.2, 0.25) is 0 Å². The highest BCUT2D eigenvalue weighted by atomic mass is 127. The Balaban J connectivity index is 2.09. The Morgan fingerprint density at radius 2 is 1.83 bits per heavy atom. The minimum Gasteiger partial charge on any atom is -0.378 e. The minimum absolute atomic E-state index is 0.428. The van der Waals surface area contributed by atoms with Crippen molar-refractivity contribution in [3.05, 3.63) is 63.7 Å². The van der Waals surface area contributed by atoms with E-state index in [9.17, 15) is 9.90 Å². The molecule has 2 rings (SSSR count). The average molecular weight is 353 g/mol. The van der Waals surface area contributed by atoms with E-state index in [1.54, 1.807) is 30.3 Å². The van der Waals surface area contributed by atoms with Crippen molar-refractivity contribution in [3.63, 3.8) is 0 Å². The maximum Gasteiger partial charge on any atom is 0.257 e. The van der Waals surface area contributed by atoms with Crippen molar-refractivity contribution >= 4 is 34.2 Å². The highest BCUT2D eigenvalue weighted by Gasteiger charge is 2.16. The Morgan fingerprint density at radius 1 is 1.11 bits per heavy atom. The smallest absolute Gasteiger partial charge is 0.257 e. The quantitative estimate of drug-likeness (QED) is 0.834. The monoisotopic (exact) mass is 353 g/mol. The number of aliphatic hydroxyl groups excluding tert-OH is 1. The molecular weight excluding hydrogens is 341 g/mol. The Labute approximate surface area is 119 Å². The van der Waals surface area contributed by atoms with Gasteiger partial charge in [0.05, 0.1) is 0 Å². The number of aliphatic hydroxyl groups is 1. The molecule has 2 aromatic carbocycles. The van der Waals surface area contributed by atoms with Gasteiger partial charge in [-0.2, -0.15) is 0 Å². The summed E-state index contributed by atoms with van der Waals surface area (Å²) in [4.78, 5) is 11.9. The molecule has 0 radical (unpaired) electrons. The third-order valence-corrected chi connectivity index (χ3v) is 3.13. The van der Waals surface area contributed by atoms with E-state index in [2.05, 4.69) is 27.9 Å². The van der Waals surface area contributed by atoms with Crippen LogP contribution in [0.5, 0.6) is 0 Å². The molecule has 0 aliphatic rings. The lowest BCUT2D eigenvalue weighted by molar-refractivity contribution is -0.124. The molecule has 0 aromatic heterocycles. The van der Waals surface area contributed by atoms with Crippen LogP contribution in [-0.2, 0) is 4.79 Å². The molecule has 2 N–H and O–H groups in total. The minimum atomic E-state index is -1.15. The van der Waals surface area contributed by atoms with Crippen molar-refractivity contribution in [3.8, 4) is 0 Å². The Hall–Kier alpha value is -1.40. The maximum absolute atomic E-state index is 11.9. The molecule has 2 aromatic rings. The van der Waals surface area contributed by atoms with Gasteiger partial charge in [0.2, 0.25) is 0 Å². The molecule has 0 fully saturated rings. The molecule has 3 nitrogen and oxygen atoms in total. The fourth-order valence-electron chi connectivity index (χ4n) is 1.56. The molecule has 0 saturated carbocycles. The zero-order valence-corrected chi connectivity index (χ0v) is 11.7. The second-order valence-electron chi connectivity index (χ2n) is 3.81. The van der Waals surface area contributed by atoms with Crippen molar-refractivity contribution in [2.75, 3.05) is 5.32 Å². The molecule has 1 amide bonds. The van der Waals surface area contributed by atoms with Gasteiger partial charge in [0.25, 0.3) is 5.91 Å². The van der Waals surface area contributed by atoms with E-state index in [1.807, 2.05) is 24.3 Å². The second kappa shape index (κ2) is 5.97. The summed E-state index contributed by atoms with van der Waals surface area (Å²) in [6.07, 6.45) is -1.15. The normalized spacial score (nSPS) is 11.9. The van der Waals surface area contributed by atoms with E-state index in [1.165, 1.54) is 0 Å². The number of hydrogen-bond acceptors (Lipinski definition) is 2. The van der Waals surface area contributed by atoms with E-state index < -0.39 is 12.0 Å². The first kappa shape index (κ1) is 13.0. The van der Waals surface area contributed by atoms with Crippen LogP contribution in [-0.4, -0.2) is 11.0 Å². The SMILES string of the molecule is O=C(Nc1cccc(I)c1)C(O)c1ccccc1. The van der Waals surface area contributed by atoms with Crippen molar-refractivity contribution in [2.45, 2.75) is 6.10 Å². The molecule has 0 saturated heterocycles. The largest absolute Gasteiger partial charge is 0.378 e. The lowest BCUT2D eigenvalue weighted by Crippen LogP contribution is -2.20. The first-order valence-electron chi connectivity index (χ1n) is 5.46. The summed E-state index contributed by atoms with van der Waals surface area (Å²) in [5.74, 6) is -0.428. The molecule has 18 heavy (non-hydrogen) atoms. The zero-order chi connectivity index (χ0) is 13.0. The van der Waals surface area contributed by atoms with Crippen LogP contribution in [0.1, 0.15) is 11.7 Å². The third-order valence-electron chi connectivity index (χ3n) is 2.46. The number of rotatable bonds is 3. The van der Waals surface area contributed by atoms with Gasteiger partial charge in [0.1, 0.15) is 0 Å². The van der Waals surface area contributed by atoms with Crippen molar-refractivity contribution in [2.24, 2.45) is 0 Å². The number of carbonyl (C=O) groups is 1. The Morgan fingerprint density at radius 3 is 2.50 bits per heavy atom. The van der Waals surface area contributed by atoms with Crippen LogP contribution >= 0.6 is 22.6 Å². The number of anilines is 1. The summed E-state index contributed by atoms with van der Waals surface area (Å²) in [6.45, 7) is 0. The predicted octanol–water partition coefficient (Wildman–Crippen LogP) is 2.96. The van der Waals surface area contributed by atoms with Gasteiger partial charge in [0, 0.05) is 9.26 Å². The summed E-state index contributed by atoms with van der Waals surface area (Å²) < 4.78 is 1.03. The van der Waals surface area contributed by atoms with Crippen LogP contribution < -0.4 is 5.32 Å². The van der Waals surface area contributed by atoms with Gasteiger partial charge in [0.15, 0.2) is 6.10 Å². The number of amides is 1. The summed E-state index contributed by atoms with van der Waals surface area (Å²) in [5.41, 5.74) is 1.27. The number of hydrogen-bond donors (Lipinski definition) is 2. The maximum atomic E-state index is 11.9. The van der Waals surface area contributed by atoms with Gasteiger partial charge in [-0.25, -0.2) is 0 Å². The van der Waals surface area contributed by atoms with Crippen LogP contribution in [0.4, 0.5) is 5.69 Å². The Bertz CT molecular complexity index is 543. The number of benzene rings is 2. The second-order valence-corrected chi connectivity index (χ2v) is 5.06. The summed E-state index contributed by atoms with van der Waals surface area (Å²) in [5, 5.41) is 12.6. The van der Waals surface area contributed by atoms with Crippen LogP contribution in [0.3, 0.4) is 0 Å². The molecule has 0 spiro atoms. The highest BCUT2D eigenvalue weighted by Crippen LogP contribution is 2.17. The molecule has 1 atom stereocenters. The summed E-state index contributed by atoms with van der Waals surface area (Å²) in [7, 11) is 0. The molecule has 92 valence electrons. The first-order chi connectivity index (χ1) is 8.66. The Kier molecular flexibility index (Phi) is 4.33. The zero-order valence-electron chi connectivity index (χ0n) is 9.51. The van der Waals surface area contributed by atoms with Crippen LogP contribution in [0.15, 0.2) is 54.6 Å². The number of carbonyl (C=O) groups excluding carboxylic acids is 1. The summed E-state index contributed by atoms with van der Waals surface area (Å²) >= 11 is 2.17. The molecule has 0 heterocycles. The van der Waals surface area contributed by atoms with Crippen molar-refractivity contribution < 1.29 is 9.90 Å². The lowest BCUT2D eigenvalue weighted by atomic mass is 10.1. The van der Waals surface area contributed by atoms with Gasteiger partial charge in [-0.05, 0) is 46.4 Å². The molecular formula is C14H12INO2. The lowest BCUT2D eigenvalue weighted by Gasteiger charge is -2.11. The van der Waals surface area contributed by atoms with Crippen LogP contribution in [0.25, 0.3) is 0 Å². The molecule has 0 aliphatic carbocycles. The molecule has 0 aliphatic heterocycles. The van der Waals surface area contributed by atoms with E-state index in [4.69, 9.17) is 0 Å².